The maximum absolute atomic E-state index is 11.7. The minimum absolute atomic E-state index is 0.0645. The average Bonchev–Trinajstić information content (AvgIpc) is 2.95. The summed E-state index contributed by atoms with van der Waals surface area (Å²) >= 11 is 3.27. The Bertz CT molecular complexity index is 487. The summed E-state index contributed by atoms with van der Waals surface area (Å²) in [6.45, 7) is 1.19. The van der Waals surface area contributed by atoms with Crippen molar-refractivity contribution < 1.29 is 14.7 Å². The second kappa shape index (κ2) is 8.23. The zero-order valence-corrected chi connectivity index (χ0v) is 13.3. The molecule has 0 radical (unpaired) electrons. The van der Waals surface area contributed by atoms with Crippen molar-refractivity contribution in [1.29, 1.82) is 0 Å². The first kappa shape index (κ1) is 16.1. The molecule has 1 fully saturated rings. The van der Waals surface area contributed by atoms with Gasteiger partial charge in [-0.1, -0.05) is 0 Å². The van der Waals surface area contributed by atoms with Crippen LogP contribution in [0, 0.1) is 5.92 Å². The molecule has 21 heavy (non-hydrogen) atoms. The highest BCUT2D eigenvalue weighted by Gasteiger charge is 2.14. The Morgan fingerprint density at radius 1 is 1.33 bits per heavy atom. The maximum atomic E-state index is 11.7. The van der Waals surface area contributed by atoms with Crippen molar-refractivity contribution in [3.8, 4) is 0 Å². The molecular formula is C13H19N3O3S2. The van der Waals surface area contributed by atoms with Crippen molar-refractivity contribution in [2.45, 2.75) is 19.3 Å². The van der Waals surface area contributed by atoms with E-state index in [1.165, 1.54) is 41.1 Å². The number of aromatic carboxylic acids is 1. The number of hydrogen-bond acceptors (Lipinski definition) is 5. The standard InChI is InChI=1S/C13H19N3O3S2/c17-12(18)10-8-21-11(16-10)1-4-14-13(19)15-7-9-2-5-20-6-3-9/h8-9H,1-7H2,(H,17,18)(H2,14,15,19). The number of carbonyl (C=O) groups excluding carboxylic acids is 1. The molecule has 0 unspecified atom stereocenters. The molecule has 6 nitrogen and oxygen atoms in total. The molecule has 1 aromatic heterocycles. The fraction of sp³-hybridized carbons (Fsp3) is 0.615. The van der Waals surface area contributed by atoms with Gasteiger partial charge in [0.1, 0.15) is 0 Å². The molecule has 0 aromatic carbocycles. The SMILES string of the molecule is O=C(NCCc1nc(C(=O)O)cs1)NCC1CCSCC1. The van der Waals surface area contributed by atoms with Gasteiger partial charge >= 0.3 is 12.0 Å². The molecule has 0 saturated carbocycles. The smallest absolute Gasteiger partial charge is 0.355 e. The Kier molecular flexibility index (Phi) is 6.31. The van der Waals surface area contributed by atoms with E-state index in [1.807, 2.05) is 11.8 Å². The summed E-state index contributed by atoms with van der Waals surface area (Å²) < 4.78 is 0. The molecule has 8 heteroatoms. The number of rotatable bonds is 6. The summed E-state index contributed by atoms with van der Waals surface area (Å²) in [6.07, 6.45) is 2.88. The Morgan fingerprint density at radius 2 is 2.10 bits per heavy atom. The van der Waals surface area contributed by atoms with Gasteiger partial charge in [-0.3, -0.25) is 0 Å². The van der Waals surface area contributed by atoms with Crippen LogP contribution in [0.5, 0.6) is 0 Å². The zero-order chi connectivity index (χ0) is 15.1. The third kappa shape index (κ3) is 5.55. The Balaban J connectivity index is 1.61. The van der Waals surface area contributed by atoms with Crippen LogP contribution < -0.4 is 10.6 Å². The molecule has 1 aliphatic heterocycles. The summed E-state index contributed by atoms with van der Waals surface area (Å²) in [5.74, 6) is 1.94. The summed E-state index contributed by atoms with van der Waals surface area (Å²) in [6, 6.07) is -0.164. The van der Waals surface area contributed by atoms with Crippen LogP contribution in [0.3, 0.4) is 0 Å². The van der Waals surface area contributed by atoms with E-state index in [9.17, 15) is 9.59 Å². The minimum Gasteiger partial charge on any atom is -0.476 e. The number of urea groups is 1. The first-order chi connectivity index (χ1) is 10.1. The lowest BCUT2D eigenvalue weighted by Crippen LogP contribution is -2.39. The monoisotopic (exact) mass is 329 g/mol. The molecule has 0 atom stereocenters. The van der Waals surface area contributed by atoms with Crippen LogP contribution in [0.25, 0.3) is 0 Å². The summed E-state index contributed by atoms with van der Waals surface area (Å²) in [5, 5.41) is 16.7. The third-order valence-corrected chi connectivity index (χ3v) is 5.24. The zero-order valence-electron chi connectivity index (χ0n) is 11.6. The van der Waals surface area contributed by atoms with Gasteiger partial charge in [0, 0.05) is 24.9 Å². The number of nitrogens with zero attached hydrogens (tertiary/aromatic N) is 1. The van der Waals surface area contributed by atoms with E-state index in [4.69, 9.17) is 5.11 Å². The molecule has 2 amide bonds. The van der Waals surface area contributed by atoms with Gasteiger partial charge in [0.05, 0.1) is 5.01 Å². The topological polar surface area (TPSA) is 91.3 Å². The van der Waals surface area contributed by atoms with E-state index in [2.05, 4.69) is 15.6 Å². The number of thioether (sulfide) groups is 1. The van der Waals surface area contributed by atoms with Gasteiger partial charge in [-0.15, -0.1) is 11.3 Å². The molecule has 0 spiro atoms. The number of aromatic nitrogens is 1. The lowest BCUT2D eigenvalue weighted by atomic mass is 10.0. The van der Waals surface area contributed by atoms with Gasteiger partial charge in [-0.2, -0.15) is 11.8 Å². The predicted molar refractivity (Wildman–Crippen MR) is 84.2 cm³/mol. The average molecular weight is 329 g/mol. The van der Waals surface area contributed by atoms with Gasteiger partial charge in [0.25, 0.3) is 0 Å². The van der Waals surface area contributed by atoms with Crippen molar-refractivity contribution in [3.63, 3.8) is 0 Å². The number of nitrogens with one attached hydrogen (secondary N) is 2. The molecule has 3 N–H and O–H groups in total. The van der Waals surface area contributed by atoms with Crippen molar-refractivity contribution in [1.82, 2.24) is 15.6 Å². The molecular weight excluding hydrogens is 310 g/mol. The second-order valence-corrected chi connectivity index (χ2v) is 7.04. The lowest BCUT2D eigenvalue weighted by Gasteiger charge is -2.21. The number of carboxylic acids is 1. The normalized spacial score (nSPS) is 15.6. The van der Waals surface area contributed by atoms with Gasteiger partial charge < -0.3 is 15.7 Å². The maximum Gasteiger partial charge on any atom is 0.355 e. The van der Waals surface area contributed by atoms with Crippen molar-refractivity contribution in [2.24, 2.45) is 5.92 Å². The molecule has 116 valence electrons. The molecule has 2 rings (SSSR count). The van der Waals surface area contributed by atoms with Crippen molar-refractivity contribution in [2.75, 3.05) is 24.6 Å². The quantitative estimate of drug-likeness (QED) is 0.740. The van der Waals surface area contributed by atoms with Crippen LogP contribution in [0.1, 0.15) is 28.3 Å². The number of carbonyl (C=O) groups is 2. The van der Waals surface area contributed by atoms with Crippen LogP contribution in [-0.4, -0.2) is 46.7 Å². The van der Waals surface area contributed by atoms with E-state index in [-0.39, 0.29) is 11.7 Å². The molecule has 1 aliphatic rings. The van der Waals surface area contributed by atoms with E-state index < -0.39 is 5.97 Å². The lowest BCUT2D eigenvalue weighted by molar-refractivity contribution is 0.0691. The fourth-order valence-electron chi connectivity index (χ4n) is 2.06. The van der Waals surface area contributed by atoms with Crippen LogP contribution in [0.15, 0.2) is 5.38 Å². The summed E-state index contributed by atoms with van der Waals surface area (Å²) in [4.78, 5) is 26.3. The van der Waals surface area contributed by atoms with Gasteiger partial charge in [-0.25, -0.2) is 14.6 Å². The first-order valence-electron chi connectivity index (χ1n) is 6.92. The number of carboxylic acid groups (broad SMARTS) is 1. The summed E-state index contributed by atoms with van der Waals surface area (Å²) in [7, 11) is 0. The third-order valence-electron chi connectivity index (χ3n) is 3.29. The summed E-state index contributed by atoms with van der Waals surface area (Å²) in [5.41, 5.74) is 0.0645. The van der Waals surface area contributed by atoms with Gasteiger partial charge in [0.15, 0.2) is 5.69 Å². The number of thiazole rings is 1. The minimum atomic E-state index is -1.02. The van der Waals surface area contributed by atoms with Crippen LogP contribution in [-0.2, 0) is 6.42 Å². The number of amides is 2. The van der Waals surface area contributed by atoms with Crippen LogP contribution >= 0.6 is 23.1 Å². The second-order valence-electron chi connectivity index (χ2n) is 4.87. The van der Waals surface area contributed by atoms with E-state index in [1.54, 1.807) is 0 Å². The molecule has 0 aliphatic carbocycles. The molecule has 1 aromatic rings. The van der Waals surface area contributed by atoms with E-state index in [0.29, 0.717) is 18.9 Å². The Hall–Kier alpha value is -1.28. The molecule has 2 heterocycles. The highest BCUT2D eigenvalue weighted by molar-refractivity contribution is 7.99. The van der Waals surface area contributed by atoms with Crippen molar-refractivity contribution >= 4 is 35.1 Å². The Morgan fingerprint density at radius 3 is 2.76 bits per heavy atom. The van der Waals surface area contributed by atoms with E-state index >= 15 is 0 Å². The highest BCUT2D eigenvalue weighted by atomic mass is 32.2. The van der Waals surface area contributed by atoms with Gasteiger partial charge in [-0.05, 0) is 30.3 Å². The Labute approximate surface area is 131 Å². The number of hydrogen-bond donors (Lipinski definition) is 3. The fourth-order valence-corrected chi connectivity index (χ4v) is 4.03. The largest absolute Gasteiger partial charge is 0.476 e. The van der Waals surface area contributed by atoms with Crippen molar-refractivity contribution in [3.05, 3.63) is 16.1 Å². The first-order valence-corrected chi connectivity index (χ1v) is 8.95. The molecule has 1 saturated heterocycles. The van der Waals surface area contributed by atoms with Crippen LogP contribution in [0.2, 0.25) is 0 Å². The molecule has 0 bridgehead atoms. The van der Waals surface area contributed by atoms with Crippen LogP contribution in [0.4, 0.5) is 4.79 Å². The van der Waals surface area contributed by atoms with Gasteiger partial charge in [0.2, 0.25) is 0 Å². The highest BCUT2D eigenvalue weighted by Crippen LogP contribution is 2.21. The van der Waals surface area contributed by atoms with E-state index in [0.717, 1.165) is 11.6 Å². The predicted octanol–water partition coefficient (Wildman–Crippen LogP) is 1.83.